The molecular weight excluding hydrogens is 352 g/mol. The van der Waals surface area contributed by atoms with E-state index in [4.69, 9.17) is 9.26 Å². The summed E-state index contributed by atoms with van der Waals surface area (Å²) >= 11 is 0. The van der Waals surface area contributed by atoms with Crippen molar-refractivity contribution in [2.24, 2.45) is 0 Å². The first-order valence-electron chi connectivity index (χ1n) is 9.55. The molecule has 28 heavy (non-hydrogen) atoms. The van der Waals surface area contributed by atoms with Gasteiger partial charge < -0.3 is 14.6 Å². The minimum absolute atomic E-state index is 0.0321. The maximum absolute atomic E-state index is 12.9. The van der Waals surface area contributed by atoms with Gasteiger partial charge in [-0.25, -0.2) is 0 Å². The fraction of sp³-hybridized carbons (Fsp3) is 0.304. The van der Waals surface area contributed by atoms with Gasteiger partial charge in [0.1, 0.15) is 5.75 Å². The monoisotopic (exact) mass is 376 g/mol. The smallest absolute Gasteiger partial charge is 0.236 e. The molecule has 1 heterocycles. The van der Waals surface area contributed by atoms with Crippen LogP contribution in [0.5, 0.6) is 5.75 Å². The van der Waals surface area contributed by atoms with Crippen molar-refractivity contribution < 1.29 is 14.1 Å². The number of nitrogens with zero attached hydrogens (tertiary/aromatic N) is 1. The van der Waals surface area contributed by atoms with E-state index in [9.17, 15) is 4.79 Å². The molecule has 3 aromatic rings. The van der Waals surface area contributed by atoms with Crippen LogP contribution in [0.3, 0.4) is 0 Å². The summed E-state index contributed by atoms with van der Waals surface area (Å²) in [7, 11) is 1.63. The molecule has 0 radical (unpaired) electrons. The van der Waals surface area contributed by atoms with E-state index in [1.165, 1.54) is 5.56 Å². The molecule has 0 saturated heterocycles. The molecule has 1 amide bonds. The predicted octanol–water partition coefficient (Wildman–Crippen LogP) is 5.14. The van der Waals surface area contributed by atoms with Crippen molar-refractivity contribution in [2.75, 3.05) is 12.4 Å². The van der Waals surface area contributed by atoms with E-state index < -0.39 is 5.41 Å². The van der Waals surface area contributed by atoms with Crippen LogP contribution in [0.1, 0.15) is 43.9 Å². The van der Waals surface area contributed by atoms with Crippen molar-refractivity contribution in [3.8, 4) is 17.1 Å². The molecule has 0 bridgehead atoms. The van der Waals surface area contributed by atoms with Crippen molar-refractivity contribution in [3.05, 3.63) is 65.9 Å². The van der Waals surface area contributed by atoms with Crippen LogP contribution in [0.25, 0.3) is 11.3 Å². The Hall–Kier alpha value is -3.08. The van der Waals surface area contributed by atoms with Crippen LogP contribution in [0.15, 0.2) is 59.1 Å². The van der Waals surface area contributed by atoms with Gasteiger partial charge in [-0.1, -0.05) is 43.3 Å². The van der Waals surface area contributed by atoms with Crippen LogP contribution in [0.2, 0.25) is 0 Å². The minimum atomic E-state index is -0.600. The number of aromatic nitrogens is 1. The highest BCUT2D eigenvalue weighted by Gasteiger charge is 2.53. The average molecular weight is 376 g/mol. The van der Waals surface area contributed by atoms with Gasteiger partial charge >= 0.3 is 0 Å². The summed E-state index contributed by atoms with van der Waals surface area (Å²) < 4.78 is 10.8. The first-order valence-corrected chi connectivity index (χ1v) is 9.55. The molecule has 0 unspecified atom stereocenters. The maximum atomic E-state index is 12.9. The van der Waals surface area contributed by atoms with E-state index in [1.54, 1.807) is 7.11 Å². The van der Waals surface area contributed by atoms with E-state index in [-0.39, 0.29) is 5.91 Å². The Labute approximate surface area is 164 Å². The number of carbonyl (C=O) groups excluding carboxylic acids is 1. The van der Waals surface area contributed by atoms with E-state index in [0.29, 0.717) is 17.4 Å². The molecule has 0 spiro atoms. The van der Waals surface area contributed by atoms with E-state index >= 15 is 0 Å². The third-order valence-electron chi connectivity index (χ3n) is 5.37. The van der Waals surface area contributed by atoms with Crippen molar-refractivity contribution in [1.29, 1.82) is 0 Å². The lowest BCUT2D eigenvalue weighted by Crippen LogP contribution is -2.28. The summed E-state index contributed by atoms with van der Waals surface area (Å²) in [4.78, 5) is 12.9. The van der Waals surface area contributed by atoms with E-state index in [2.05, 4.69) is 36.5 Å². The number of nitrogens with one attached hydrogen (secondary N) is 1. The van der Waals surface area contributed by atoms with Gasteiger partial charge in [0.05, 0.1) is 18.2 Å². The van der Waals surface area contributed by atoms with Gasteiger partial charge in [0.15, 0.2) is 5.76 Å². The van der Waals surface area contributed by atoms with Gasteiger partial charge in [0, 0.05) is 17.3 Å². The number of amides is 1. The highest BCUT2D eigenvalue weighted by Crippen LogP contribution is 2.49. The molecule has 1 saturated carbocycles. The second kappa shape index (κ2) is 7.15. The zero-order valence-corrected chi connectivity index (χ0v) is 16.4. The third kappa shape index (κ3) is 3.40. The molecule has 1 aliphatic rings. The quantitative estimate of drug-likeness (QED) is 0.647. The van der Waals surface area contributed by atoms with Gasteiger partial charge in [-0.3, -0.25) is 4.79 Å². The SMILES string of the molecule is COc1cccc(-c2cc(C3(C(=O)Nc4ccc(C(C)C)cc4)CC3)no2)c1. The number of hydrogen-bond acceptors (Lipinski definition) is 4. The van der Waals surface area contributed by atoms with Gasteiger partial charge in [-0.15, -0.1) is 0 Å². The highest BCUT2D eigenvalue weighted by molar-refractivity contribution is 6.01. The lowest BCUT2D eigenvalue weighted by Gasteiger charge is -2.13. The zero-order chi connectivity index (χ0) is 19.7. The molecule has 1 aromatic heterocycles. The highest BCUT2D eigenvalue weighted by atomic mass is 16.5. The Bertz CT molecular complexity index is 985. The summed E-state index contributed by atoms with van der Waals surface area (Å²) in [5.74, 6) is 1.81. The topological polar surface area (TPSA) is 64.4 Å². The van der Waals surface area contributed by atoms with Crippen LogP contribution < -0.4 is 10.1 Å². The minimum Gasteiger partial charge on any atom is -0.497 e. The van der Waals surface area contributed by atoms with Crippen LogP contribution in [-0.4, -0.2) is 18.2 Å². The third-order valence-corrected chi connectivity index (χ3v) is 5.37. The summed E-state index contributed by atoms with van der Waals surface area (Å²) in [5, 5.41) is 7.24. The second-order valence-electron chi connectivity index (χ2n) is 7.62. The van der Waals surface area contributed by atoms with Gasteiger partial charge in [-0.2, -0.15) is 0 Å². The lowest BCUT2D eigenvalue weighted by molar-refractivity contribution is -0.118. The largest absolute Gasteiger partial charge is 0.497 e. The molecule has 1 N–H and O–H groups in total. The van der Waals surface area contributed by atoms with Crippen LogP contribution in [-0.2, 0) is 10.2 Å². The average Bonchev–Trinajstić information content (AvgIpc) is 3.38. The Morgan fingerprint density at radius 1 is 1.14 bits per heavy atom. The van der Waals surface area contributed by atoms with Crippen molar-refractivity contribution in [1.82, 2.24) is 5.16 Å². The van der Waals surface area contributed by atoms with Crippen LogP contribution in [0.4, 0.5) is 5.69 Å². The summed E-state index contributed by atoms with van der Waals surface area (Å²) in [6.07, 6.45) is 1.54. The number of anilines is 1. The summed E-state index contributed by atoms with van der Waals surface area (Å²) in [5.41, 5.74) is 3.01. The molecule has 2 aromatic carbocycles. The Kier molecular flexibility index (Phi) is 4.67. The molecule has 1 aliphatic carbocycles. The number of carbonyl (C=O) groups is 1. The Morgan fingerprint density at radius 3 is 2.54 bits per heavy atom. The van der Waals surface area contributed by atoms with Crippen LogP contribution in [0, 0.1) is 0 Å². The van der Waals surface area contributed by atoms with Gasteiger partial charge in [-0.05, 0) is 48.6 Å². The summed E-state index contributed by atoms with van der Waals surface area (Å²) in [6.45, 7) is 4.30. The molecular formula is C23H24N2O3. The number of hydrogen-bond donors (Lipinski definition) is 1. The molecule has 4 rings (SSSR count). The molecule has 0 aliphatic heterocycles. The van der Waals surface area contributed by atoms with E-state index in [0.717, 1.165) is 29.8 Å². The summed E-state index contributed by atoms with van der Waals surface area (Å²) in [6, 6.07) is 17.5. The van der Waals surface area contributed by atoms with Crippen molar-refractivity contribution >= 4 is 11.6 Å². The fourth-order valence-electron chi connectivity index (χ4n) is 3.34. The van der Waals surface area contributed by atoms with E-state index in [1.807, 2.05) is 42.5 Å². The molecule has 0 atom stereocenters. The van der Waals surface area contributed by atoms with Gasteiger partial charge in [0.2, 0.25) is 5.91 Å². The van der Waals surface area contributed by atoms with Crippen LogP contribution >= 0.6 is 0 Å². The number of methoxy groups -OCH3 is 1. The zero-order valence-electron chi connectivity index (χ0n) is 16.4. The number of ether oxygens (including phenoxy) is 1. The molecule has 5 nitrogen and oxygen atoms in total. The van der Waals surface area contributed by atoms with Gasteiger partial charge in [0.25, 0.3) is 0 Å². The first-order chi connectivity index (χ1) is 13.5. The maximum Gasteiger partial charge on any atom is 0.236 e. The number of benzene rings is 2. The first kappa shape index (κ1) is 18.3. The molecule has 1 fully saturated rings. The molecule has 144 valence electrons. The Morgan fingerprint density at radius 2 is 1.89 bits per heavy atom. The van der Waals surface area contributed by atoms with Crippen molar-refractivity contribution in [2.45, 2.75) is 38.0 Å². The Balaban J connectivity index is 1.52. The standard InChI is InChI=1S/C23H24N2O3/c1-15(2)16-7-9-18(10-8-16)24-22(26)23(11-12-23)21-14-20(28-25-21)17-5-4-6-19(13-17)27-3/h4-10,13-15H,11-12H2,1-3H3,(H,24,26). The number of rotatable bonds is 6. The van der Waals surface area contributed by atoms with Crippen molar-refractivity contribution in [3.63, 3.8) is 0 Å². The fourth-order valence-corrected chi connectivity index (χ4v) is 3.34. The lowest BCUT2D eigenvalue weighted by atomic mass is 9.99. The normalized spacial score (nSPS) is 14.7. The molecule has 5 heteroatoms. The predicted molar refractivity (Wildman–Crippen MR) is 109 cm³/mol. The second-order valence-corrected chi connectivity index (χ2v) is 7.62.